The van der Waals surface area contributed by atoms with Gasteiger partial charge in [0, 0.05) is 5.02 Å². The molecule has 0 aromatic carbocycles. The van der Waals surface area contributed by atoms with E-state index < -0.39 is 22.8 Å². The largest absolute Gasteiger partial charge is 0.477 e. The summed E-state index contributed by atoms with van der Waals surface area (Å²) in [5, 5.41) is 35.7. The number of carboxylic acid groups (broad SMARTS) is 2. The van der Waals surface area contributed by atoms with E-state index in [4.69, 9.17) is 43.9 Å². The predicted molar refractivity (Wildman–Crippen MR) is 110 cm³/mol. The Labute approximate surface area is 183 Å². The molecule has 2 heterocycles. The fourth-order valence-electron chi connectivity index (χ4n) is 2.02. The zero-order chi connectivity index (χ0) is 23.3. The van der Waals surface area contributed by atoms with Crippen LogP contribution >= 0.6 is 23.2 Å². The number of carboxylic acids is 2. The van der Waals surface area contributed by atoms with Crippen LogP contribution in [0.1, 0.15) is 59.9 Å². The van der Waals surface area contributed by atoms with E-state index in [2.05, 4.69) is 16.0 Å². The van der Waals surface area contributed by atoms with Crippen molar-refractivity contribution in [3.05, 3.63) is 57.1 Å². The van der Waals surface area contributed by atoms with E-state index in [0.717, 1.165) is 0 Å². The average Bonchev–Trinajstić information content (AvgIpc) is 2.67. The van der Waals surface area contributed by atoms with Crippen molar-refractivity contribution in [3.63, 3.8) is 0 Å². The number of nitriles is 2. The highest BCUT2D eigenvalue weighted by molar-refractivity contribution is 6.31. The number of aromatic nitrogens is 2. The van der Waals surface area contributed by atoms with E-state index in [-0.39, 0.29) is 21.6 Å². The first-order valence-corrected chi connectivity index (χ1v) is 9.14. The number of pyridine rings is 2. The topological polar surface area (TPSA) is 148 Å². The third kappa shape index (κ3) is 6.41. The monoisotopic (exact) mass is 448 g/mol. The molecular formula is C20H18Cl2N4O4. The number of halogens is 2. The second kappa shape index (κ2) is 9.53. The van der Waals surface area contributed by atoms with Gasteiger partial charge in [-0.05, 0) is 57.5 Å². The number of aromatic carboxylic acids is 2. The zero-order valence-electron chi connectivity index (χ0n) is 16.6. The number of carbonyl (C=O) groups is 2. The van der Waals surface area contributed by atoms with E-state index >= 15 is 0 Å². The highest BCUT2D eigenvalue weighted by atomic mass is 35.5. The van der Waals surface area contributed by atoms with Crippen molar-refractivity contribution in [2.45, 2.75) is 38.5 Å². The fraction of sp³-hybridized carbons (Fsp3) is 0.300. The van der Waals surface area contributed by atoms with Crippen molar-refractivity contribution in [3.8, 4) is 12.1 Å². The molecule has 0 aliphatic rings. The Balaban J connectivity index is 0.000000300. The van der Waals surface area contributed by atoms with Gasteiger partial charge < -0.3 is 10.2 Å². The molecule has 0 unspecified atom stereocenters. The molecule has 0 saturated heterocycles. The first kappa shape index (κ1) is 24.8. The van der Waals surface area contributed by atoms with E-state index in [1.165, 1.54) is 24.3 Å². The van der Waals surface area contributed by atoms with Gasteiger partial charge in [0.25, 0.3) is 0 Å². The van der Waals surface area contributed by atoms with Gasteiger partial charge in [-0.3, -0.25) is 0 Å². The molecule has 0 fully saturated rings. The molecule has 0 amide bonds. The maximum absolute atomic E-state index is 10.7. The molecule has 0 radical (unpaired) electrons. The van der Waals surface area contributed by atoms with Crippen LogP contribution in [-0.4, -0.2) is 32.1 Å². The molecule has 2 rings (SSSR count). The van der Waals surface area contributed by atoms with Gasteiger partial charge in [0.05, 0.1) is 28.7 Å². The molecule has 156 valence electrons. The Bertz CT molecular complexity index is 984. The molecule has 0 atom stereocenters. The van der Waals surface area contributed by atoms with Crippen molar-refractivity contribution >= 4 is 35.1 Å². The van der Waals surface area contributed by atoms with E-state index in [1.54, 1.807) is 27.7 Å². The highest BCUT2D eigenvalue weighted by Crippen LogP contribution is 2.25. The van der Waals surface area contributed by atoms with Gasteiger partial charge in [0.1, 0.15) is 16.5 Å². The lowest BCUT2D eigenvalue weighted by molar-refractivity contribution is 0.0679. The van der Waals surface area contributed by atoms with Crippen LogP contribution in [0.2, 0.25) is 10.2 Å². The molecule has 2 N–H and O–H groups in total. The Hall–Kier alpha value is -3.20. The van der Waals surface area contributed by atoms with Gasteiger partial charge in [0.2, 0.25) is 0 Å². The van der Waals surface area contributed by atoms with Crippen molar-refractivity contribution in [2.75, 3.05) is 0 Å². The van der Waals surface area contributed by atoms with Gasteiger partial charge in [-0.15, -0.1) is 0 Å². The van der Waals surface area contributed by atoms with Gasteiger partial charge in [0.15, 0.2) is 0 Å². The van der Waals surface area contributed by atoms with E-state index in [1.807, 2.05) is 6.07 Å². The summed E-state index contributed by atoms with van der Waals surface area (Å²) in [6, 6.07) is 9.71. The standard InChI is InChI=1S/2C10H9ClN2O2/c1-10(2,5-12)8-4-6(11)3-7(13-8)9(14)15;1-10(2,5-12)6-3-7(9(14)15)13-8(11)4-6/h2*3-4H,1-2H3,(H,14,15). The van der Waals surface area contributed by atoms with E-state index in [0.29, 0.717) is 11.3 Å². The highest BCUT2D eigenvalue weighted by Gasteiger charge is 2.24. The van der Waals surface area contributed by atoms with Gasteiger partial charge in [-0.1, -0.05) is 23.2 Å². The summed E-state index contributed by atoms with van der Waals surface area (Å²) in [6.45, 7) is 6.67. The molecule has 2 aromatic rings. The van der Waals surface area contributed by atoms with Crippen LogP contribution in [0.4, 0.5) is 0 Å². The molecule has 30 heavy (non-hydrogen) atoms. The first-order chi connectivity index (χ1) is 13.7. The maximum Gasteiger partial charge on any atom is 0.354 e. The summed E-state index contributed by atoms with van der Waals surface area (Å²) in [6.07, 6.45) is 0. The average molecular weight is 449 g/mol. The molecular weight excluding hydrogens is 431 g/mol. The second-order valence-electron chi connectivity index (χ2n) is 7.20. The third-order valence-corrected chi connectivity index (χ3v) is 4.36. The smallest absolute Gasteiger partial charge is 0.354 e. The molecule has 0 aliphatic carbocycles. The van der Waals surface area contributed by atoms with Crippen molar-refractivity contribution < 1.29 is 19.8 Å². The number of hydrogen-bond acceptors (Lipinski definition) is 6. The molecule has 0 aliphatic heterocycles. The van der Waals surface area contributed by atoms with Crippen LogP contribution in [0.15, 0.2) is 24.3 Å². The summed E-state index contributed by atoms with van der Waals surface area (Å²) in [5.74, 6) is -2.32. The minimum atomic E-state index is -1.16. The Morgan fingerprint density at radius 3 is 1.83 bits per heavy atom. The summed E-state index contributed by atoms with van der Waals surface area (Å²) < 4.78 is 0. The summed E-state index contributed by atoms with van der Waals surface area (Å²) in [7, 11) is 0. The van der Waals surface area contributed by atoms with Crippen LogP contribution in [-0.2, 0) is 10.8 Å². The Morgan fingerprint density at radius 1 is 0.867 bits per heavy atom. The summed E-state index contributed by atoms with van der Waals surface area (Å²) in [5.41, 5.74) is -1.04. The first-order valence-electron chi connectivity index (χ1n) is 8.38. The summed E-state index contributed by atoms with van der Waals surface area (Å²) >= 11 is 11.4. The van der Waals surface area contributed by atoms with Crippen LogP contribution < -0.4 is 0 Å². The quantitative estimate of drug-likeness (QED) is 0.650. The van der Waals surface area contributed by atoms with Crippen molar-refractivity contribution in [2.24, 2.45) is 0 Å². The van der Waals surface area contributed by atoms with E-state index in [9.17, 15) is 9.59 Å². The van der Waals surface area contributed by atoms with Gasteiger partial charge in [-0.2, -0.15) is 10.5 Å². The molecule has 0 saturated carbocycles. The lowest BCUT2D eigenvalue weighted by Crippen LogP contribution is -2.17. The lowest BCUT2D eigenvalue weighted by Gasteiger charge is -2.15. The van der Waals surface area contributed by atoms with Crippen molar-refractivity contribution in [1.82, 2.24) is 9.97 Å². The SMILES string of the molecule is CC(C)(C#N)c1cc(Cl)cc(C(=O)O)n1.CC(C)(C#N)c1cc(Cl)nc(C(=O)O)c1. The number of nitrogens with zero attached hydrogens (tertiary/aromatic N) is 4. The Morgan fingerprint density at radius 2 is 1.37 bits per heavy atom. The van der Waals surface area contributed by atoms with Crippen molar-refractivity contribution in [1.29, 1.82) is 10.5 Å². The molecule has 10 heteroatoms. The van der Waals surface area contributed by atoms with Crippen LogP contribution in [0.3, 0.4) is 0 Å². The number of rotatable bonds is 4. The van der Waals surface area contributed by atoms with Gasteiger partial charge >= 0.3 is 11.9 Å². The third-order valence-electron chi connectivity index (χ3n) is 3.94. The second-order valence-corrected chi connectivity index (χ2v) is 8.03. The fourth-order valence-corrected chi connectivity index (χ4v) is 2.43. The normalized spacial score (nSPS) is 10.8. The van der Waals surface area contributed by atoms with Crippen LogP contribution in [0, 0.1) is 22.7 Å². The Kier molecular flexibility index (Phi) is 7.89. The van der Waals surface area contributed by atoms with Crippen LogP contribution in [0.25, 0.3) is 0 Å². The molecule has 0 bridgehead atoms. The lowest BCUT2D eigenvalue weighted by atomic mass is 9.86. The predicted octanol–water partition coefficient (Wildman–Crippen LogP) is 4.47. The maximum atomic E-state index is 10.7. The molecule has 0 spiro atoms. The number of hydrogen-bond donors (Lipinski definition) is 2. The van der Waals surface area contributed by atoms with Crippen LogP contribution in [0.5, 0.6) is 0 Å². The summed E-state index contributed by atoms with van der Waals surface area (Å²) in [4.78, 5) is 28.9. The molecule has 2 aromatic heterocycles. The minimum absolute atomic E-state index is 0.0771. The minimum Gasteiger partial charge on any atom is -0.477 e. The molecule has 8 nitrogen and oxygen atoms in total. The van der Waals surface area contributed by atoms with Gasteiger partial charge in [-0.25, -0.2) is 19.6 Å². The zero-order valence-corrected chi connectivity index (χ0v) is 18.1.